The van der Waals surface area contributed by atoms with Crippen LogP contribution in [-0.4, -0.2) is 56.7 Å². The van der Waals surface area contributed by atoms with Crippen molar-refractivity contribution in [1.82, 2.24) is 4.90 Å². The van der Waals surface area contributed by atoms with E-state index in [4.69, 9.17) is 25.5 Å². The molecule has 0 aromatic rings. The zero-order chi connectivity index (χ0) is 21.1. The van der Waals surface area contributed by atoms with Gasteiger partial charge in [0.15, 0.2) is 0 Å². The van der Waals surface area contributed by atoms with E-state index in [1.165, 1.54) is 25.7 Å². The maximum atomic E-state index is 5.91. The van der Waals surface area contributed by atoms with Gasteiger partial charge in [-0.2, -0.15) is 0 Å². The third-order valence-corrected chi connectivity index (χ3v) is 14.0. The molecule has 0 bridgehead atoms. The second kappa shape index (κ2) is 20.3. The summed E-state index contributed by atoms with van der Waals surface area (Å²) in [4.78, 5) is 2.37. The van der Waals surface area contributed by atoms with Crippen molar-refractivity contribution in [2.45, 2.75) is 72.8 Å². The van der Waals surface area contributed by atoms with Gasteiger partial charge < -0.3 is 18.2 Å². The van der Waals surface area contributed by atoms with Crippen LogP contribution in [-0.2, 0) is 13.3 Å². The molecule has 0 heterocycles. The first-order chi connectivity index (χ1) is 13.6. The van der Waals surface area contributed by atoms with Gasteiger partial charge in [0.25, 0.3) is 0 Å². The first-order valence-electron chi connectivity index (χ1n) is 10.4. The van der Waals surface area contributed by atoms with Crippen LogP contribution in [0.15, 0.2) is 0 Å². The highest BCUT2D eigenvalue weighted by Gasteiger charge is 2.39. The number of thiocarbonyl (C=S) groups is 1. The van der Waals surface area contributed by atoms with E-state index in [0.29, 0.717) is 19.8 Å². The number of rotatable bonds is 19. The molecule has 0 aliphatic carbocycles. The topological polar surface area (TPSA) is 30.9 Å². The molecule has 4 nitrogen and oxygen atoms in total. The molecule has 28 heavy (non-hydrogen) atoms. The molecule has 0 atom stereocenters. The van der Waals surface area contributed by atoms with Crippen LogP contribution < -0.4 is 0 Å². The van der Waals surface area contributed by atoms with Gasteiger partial charge in [-0.3, -0.25) is 0 Å². The predicted molar refractivity (Wildman–Crippen MR) is 139 cm³/mol. The maximum Gasteiger partial charge on any atom is 0.500 e. The SMILES string of the molecule is CCCCN(CCCC)C(=S)SSSSCCC[Si](OCC)(OCC)OCC. The summed E-state index contributed by atoms with van der Waals surface area (Å²) in [6, 6.07) is 0.883. The van der Waals surface area contributed by atoms with Crippen molar-refractivity contribution in [3.63, 3.8) is 0 Å². The largest absolute Gasteiger partial charge is 0.500 e. The minimum absolute atomic E-state index is 0.643. The predicted octanol–water partition coefficient (Wildman–Crippen LogP) is 7.29. The summed E-state index contributed by atoms with van der Waals surface area (Å²) in [5, 5.41) is 0. The van der Waals surface area contributed by atoms with Crippen LogP contribution in [0.25, 0.3) is 0 Å². The molecule has 0 aromatic carbocycles. The molecule has 0 fully saturated rings. The van der Waals surface area contributed by atoms with Crippen LogP contribution in [0.3, 0.4) is 0 Å². The van der Waals surface area contributed by atoms with Crippen molar-refractivity contribution in [1.29, 1.82) is 0 Å². The second-order valence-electron chi connectivity index (χ2n) is 6.09. The fourth-order valence-electron chi connectivity index (χ4n) is 2.49. The van der Waals surface area contributed by atoms with Crippen LogP contribution in [0.2, 0.25) is 6.04 Å². The molecule has 0 aliphatic rings. The zero-order valence-electron chi connectivity index (χ0n) is 18.2. The van der Waals surface area contributed by atoms with Gasteiger partial charge in [-0.1, -0.05) is 49.7 Å². The van der Waals surface area contributed by atoms with Crippen LogP contribution in [0.4, 0.5) is 0 Å². The van der Waals surface area contributed by atoms with Gasteiger partial charge in [0.05, 0.1) is 0 Å². The molecule has 0 rings (SSSR count). The summed E-state index contributed by atoms with van der Waals surface area (Å²) in [6.07, 6.45) is 5.89. The Morgan fingerprint density at radius 2 is 1.36 bits per heavy atom. The van der Waals surface area contributed by atoms with Gasteiger partial charge in [0.2, 0.25) is 0 Å². The van der Waals surface area contributed by atoms with Crippen molar-refractivity contribution < 1.29 is 13.3 Å². The van der Waals surface area contributed by atoms with Gasteiger partial charge in [0, 0.05) is 44.7 Å². The van der Waals surface area contributed by atoms with E-state index < -0.39 is 8.80 Å². The number of hydrogen-bond donors (Lipinski definition) is 0. The second-order valence-corrected chi connectivity index (χ2v) is 15.4. The molecule has 0 aromatic heterocycles. The Balaban J connectivity index is 4.08. The number of unbranched alkanes of at least 4 members (excludes halogenated alkanes) is 2. The summed E-state index contributed by atoms with van der Waals surface area (Å²) in [5.74, 6) is 1.06. The molecule has 0 radical (unpaired) electrons. The zero-order valence-corrected chi connectivity index (χ0v) is 23.3. The third-order valence-electron chi connectivity index (χ3n) is 3.81. The molecule has 0 unspecified atom stereocenters. The molecule has 0 N–H and O–H groups in total. The molecule has 0 spiro atoms. The van der Waals surface area contributed by atoms with E-state index in [-0.39, 0.29) is 0 Å². The lowest BCUT2D eigenvalue weighted by atomic mass is 10.3. The van der Waals surface area contributed by atoms with Crippen LogP contribution >= 0.6 is 53.5 Å². The Kier molecular flexibility index (Phi) is 21.3. The maximum absolute atomic E-state index is 5.91. The van der Waals surface area contributed by atoms with Crippen molar-refractivity contribution in [3.8, 4) is 0 Å². The van der Waals surface area contributed by atoms with Crippen LogP contribution in [0.1, 0.15) is 66.7 Å². The van der Waals surface area contributed by atoms with E-state index in [0.717, 1.165) is 35.6 Å². The minimum Gasteiger partial charge on any atom is -0.374 e. The molecule has 0 saturated heterocycles. The molecule has 10 heteroatoms. The Labute approximate surface area is 195 Å². The van der Waals surface area contributed by atoms with Crippen molar-refractivity contribution in [3.05, 3.63) is 0 Å². The summed E-state index contributed by atoms with van der Waals surface area (Å²) in [6.45, 7) is 14.6. The molecule has 0 aliphatic heterocycles. The lowest BCUT2D eigenvalue weighted by Crippen LogP contribution is -2.46. The Morgan fingerprint density at radius 3 is 1.82 bits per heavy atom. The Bertz CT molecular complexity index is 358. The quantitative estimate of drug-likeness (QED) is 0.0777. The Morgan fingerprint density at radius 1 is 0.821 bits per heavy atom. The molecular formula is C18H39NO3S5Si. The number of nitrogens with zero attached hydrogens (tertiary/aromatic N) is 1. The highest BCUT2D eigenvalue weighted by molar-refractivity contribution is 9.27. The molecule has 168 valence electrons. The van der Waals surface area contributed by atoms with E-state index >= 15 is 0 Å². The summed E-state index contributed by atoms with van der Waals surface area (Å²) >= 11 is 5.64. The van der Waals surface area contributed by atoms with Crippen molar-refractivity contribution >= 4 is 66.6 Å². The van der Waals surface area contributed by atoms with Crippen LogP contribution in [0.5, 0.6) is 0 Å². The first kappa shape index (κ1) is 29.4. The first-order valence-corrected chi connectivity index (χ1v) is 17.7. The van der Waals surface area contributed by atoms with Gasteiger partial charge in [0.1, 0.15) is 4.32 Å². The van der Waals surface area contributed by atoms with E-state index in [2.05, 4.69) is 18.7 Å². The lowest BCUT2D eigenvalue weighted by molar-refractivity contribution is 0.0712. The fraction of sp³-hybridized carbons (Fsp3) is 0.944. The highest BCUT2D eigenvalue weighted by atomic mass is 33.7. The summed E-state index contributed by atoms with van der Waals surface area (Å²) in [5.41, 5.74) is 0. The highest BCUT2D eigenvalue weighted by Crippen LogP contribution is 2.44. The van der Waals surface area contributed by atoms with Gasteiger partial charge in [-0.05, 0) is 70.5 Å². The van der Waals surface area contributed by atoms with Crippen molar-refractivity contribution in [2.24, 2.45) is 0 Å². The monoisotopic (exact) mass is 505 g/mol. The van der Waals surface area contributed by atoms with E-state index in [1.807, 2.05) is 41.4 Å². The summed E-state index contributed by atoms with van der Waals surface area (Å²) in [7, 11) is 4.70. The van der Waals surface area contributed by atoms with Gasteiger partial charge >= 0.3 is 8.80 Å². The molecular weight excluding hydrogens is 467 g/mol. The molecule has 0 amide bonds. The lowest BCUT2D eigenvalue weighted by Gasteiger charge is -2.28. The number of hydrogen-bond acceptors (Lipinski definition) is 8. The van der Waals surface area contributed by atoms with Gasteiger partial charge in [-0.15, -0.1) is 0 Å². The van der Waals surface area contributed by atoms with Crippen molar-refractivity contribution in [2.75, 3.05) is 38.7 Å². The van der Waals surface area contributed by atoms with Gasteiger partial charge in [-0.25, -0.2) is 0 Å². The standard InChI is InChI=1S/C18H39NO3S5Si/c1-6-11-14-19(15-12-7-2)18(23)25-27-26-24-16-13-17-28(20-8-3,21-9-4)22-10-5/h6-17H2,1-5H3. The fourth-order valence-corrected chi connectivity index (χ4v) is 11.8. The average molecular weight is 506 g/mol. The minimum atomic E-state index is -2.48. The molecule has 0 saturated carbocycles. The van der Waals surface area contributed by atoms with E-state index in [9.17, 15) is 0 Å². The van der Waals surface area contributed by atoms with Crippen LogP contribution in [0, 0.1) is 0 Å². The smallest absolute Gasteiger partial charge is 0.374 e. The summed E-state index contributed by atoms with van der Waals surface area (Å²) < 4.78 is 18.7. The normalized spacial score (nSPS) is 11.8. The van der Waals surface area contributed by atoms with E-state index in [1.54, 1.807) is 20.6 Å². The Hall–Kier alpha value is 1.39. The average Bonchev–Trinajstić information content (AvgIpc) is 2.68. The third kappa shape index (κ3) is 14.4.